The Balaban J connectivity index is 1.27. The van der Waals surface area contributed by atoms with Crippen LogP contribution >= 0.6 is 0 Å². The number of rotatable bonds is 5. The van der Waals surface area contributed by atoms with E-state index < -0.39 is 11.7 Å². The van der Waals surface area contributed by atoms with Gasteiger partial charge in [0.15, 0.2) is 0 Å². The summed E-state index contributed by atoms with van der Waals surface area (Å²) in [5, 5.41) is 3.53. The van der Waals surface area contributed by atoms with Crippen molar-refractivity contribution in [1.29, 1.82) is 0 Å². The van der Waals surface area contributed by atoms with Gasteiger partial charge in [-0.3, -0.25) is 4.90 Å². The molecule has 8 heteroatoms. The number of hydrogen-bond acceptors (Lipinski definition) is 6. The molecule has 0 aromatic heterocycles. The molecule has 2 aromatic carbocycles. The molecule has 1 aliphatic carbocycles. The molecule has 1 aliphatic heterocycles. The van der Waals surface area contributed by atoms with E-state index >= 15 is 0 Å². The number of nitrogen functional groups attached to an aromatic ring is 1. The molecule has 188 valence electrons. The lowest BCUT2D eigenvalue weighted by molar-refractivity contribution is 0.0237. The SMILES string of the molecule is CN(C(=O)OCc1ccccc1)c1ccc(N[C@H]2C[C@@]3(CCN(C(=O)OC(C)(C)C)C3)C2)c(N)c1. The van der Waals surface area contributed by atoms with Crippen molar-refractivity contribution in [3.8, 4) is 0 Å². The fraction of sp³-hybridized carbons (Fsp3) is 0.481. The number of nitrogens with two attached hydrogens (primary N) is 1. The van der Waals surface area contributed by atoms with Crippen molar-refractivity contribution in [3.63, 3.8) is 0 Å². The van der Waals surface area contributed by atoms with Crippen molar-refractivity contribution in [2.45, 2.75) is 58.3 Å². The maximum absolute atomic E-state index is 12.5. The van der Waals surface area contributed by atoms with Crippen LogP contribution < -0.4 is 16.0 Å². The molecule has 2 aromatic rings. The minimum absolute atomic E-state index is 0.159. The first-order chi connectivity index (χ1) is 16.5. The van der Waals surface area contributed by atoms with Gasteiger partial charge in [0.05, 0.1) is 11.4 Å². The van der Waals surface area contributed by atoms with Gasteiger partial charge in [0, 0.05) is 31.9 Å². The van der Waals surface area contributed by atoms with Gasteiger partial charge in [-0.25, -0.2) is 9.59 Å². The fourth-order valence-electron chi connectivity index (χ4n) is 4.87. The topological polar surface area (TPSA) is 97.1 Å². The van der Waals surface area contributed by atoms with Crippen LogP contribution in [0, 0.1) is 5.41 Å². The molecule has 1 saturated heterocycles. The largest absolute Gasteiger partial charge is 0.444 e. The molecule has 1 spiro atoms. The molecule has 4 rings (SSSR count). The Morgan fingerprint density at radius 3 is 2.54 bits per heavy atom. The monoisotopic (exact) mass is 480 g/mol. The van der Waals surface area contributed by atoms with E-state index in [2.05, 4.69) is 5.32 Å². The van der Waals surface area contributed by atoms with Crippen molar-refractivity contribution in [3.05, 3.63) is 54.1 Å². The normalized spacial score (nSPS) is 21.4. The van der Waals surface area contributed by atoms with Crippen molar-refractivity contribution in [1.82, 2.24) is 4.90 Å². The molecule has 0 radical (unpaired) electrons. The van der Waals surface area contributed by atoms with Crippen LogP contribution in [0.5, 0.6) is 0 Å². The highest BCUT2D eigenvalue weighted by Gasteiger charge is 2.50. The van der Waals surface area contributed by atoms with Gasteiger partial charge in [-0.15, -0.1) is 0 Å². The van der Waals surface area contributed by atoms with Crippen molar-refractivity contribution in [2.24, 2.45) is 5.41 Å². The Morgan fingerprint density at radius 1 is 1.17 bits per heavy atom. The number of nitrogens with one attached hydrogen (secondary N) is 1. The molecule has 1 heterocycles. The van der Waals surface area contributed by atoms with Crippen LogP contribution in [-0.2, 0) is 16.1 Å². The van der Waals surface area contributed by atoms with Crippen molar-refractivity contribution in [2.75, 3.05) is 36.1 Å². The van der Waals surface area contributed by atoms with Crippen LogP contribution in [0.2, 0.25) is 0 Å². The summed E-state index contributed by atoms with van der Waals surface area (Å²) in [5.41, 5.74) is 9.01. The number of anilines is 3. The lowest BCUT2D eigenvalue weighted by atomic mass is 9.65. The maximum atomic E-state index is 12.5. The van der Waals surface area contributed by atoms with Crippen LogP contribution in [0.25, 0.3) is 0 Å². The molecule has 0 atom stereocenters. The zero-order valence-corrected chi connectivity index (χ0v) is 21.0. The molecule has 0 unspecified atom stereocenters. The lowest BCUT2D eigenvalue weighted by Gasteiger charge is -2.46. The van der Waals surface area contributed by atoms with Gasteiger partial charge in [-0.2, -0.15) is 0 Å². The summed E-state index contributed by atoms with van der Waals surface area (Å²) in [6.45, 7) is 7.37. The van der Waals surface area contributed by atoms with E-state index in [0.717, 1.165) is 43.6 Å². The first-order valence-electron chi connectivity index (χ1n) is 12.1. The highest BCUT2D eigenvalue weighted by molar-refractivity contribution is 5.89. The number of benzene rings is 2. The summed E-state index contributed by atoms with van der Waals surface area (Å²) in [5.74, 6) is 0. The van der Waals surface area contributed by atoms with Gasteiger partial charge in [-0.1, -0.05) is 30.3 Å². The molecular formula is C27H36N4O4. The number of likely N-dealkylation sites (tertiary alicyclic amines) is 1. The highest BCUT2D eigenvalue weighted by atomic mass is 16.6. The highest BCUT2D eigenvalue weighted by Crippen LogP contribution is 2.49. The Morgan fingerprint density at radius 2 is 1.89 bits per heavy atom. The molecular weight excluding hydrogens is 444 g/mol. The van der Waals surface area contributed by atoms with E-state index in [9.17, 15) is 9.59 Å². The van der Waals surface area contributed by atoms with Gasteiger partial charge in [0.2, 0.25) is 0 Å². The zero-order chi connectivity index (χ0) is 25.2. The summed E-state index contributed by atoms with van der Waals surface area (Å²) >= 11 is 0. The average Bonchev–Trinajstić information content (AvgIpc) is 3.23. The van der Waals surface area contributed by atoms with Crippen molar-refractivity contribution < 1.29 is 19.1 Å². The van der Waals surface area contributed by atoms with Gasteiger partial charge >= 0.3 is 12.2 Å². The first-order valence-corrected chi connectivity index (χ1v) is 12.1. The number of ether oxygens (including phenoxy) is 2. The molecule has 2 aliphatic rings. The van der Waals surface area contributed by atoms with E-state index in [-0.39, 0.29) is 18.1 Å². The summed E-state index contributed by atoms with van der Waals surface area (Å²) in [6, 6.07) is 15.4. The summed E-state index contributed by atoms with van der Waals surface area (Å²) < 4.78 is 10.9. The third kappa shape index (κ3) is 5.99. The second-order valence-electron chi connectivity index (χ2n) is 10.8. The molecule has 2 amide bonds. The summed E-state index contributed by atoms with van der Waals surface area (Å²) in [4.78, 5) is 28.1. The van der Waals surface area contributed by atoms with Gasteiger partial charge in [0.25, 0.3) is 0 Å². The Kier molecular flexibility index (Phi) is 6.83. The van der Waals surface area contributed by atoms with Crippen LogP contribution in [0.15, 0.2) is 48.5 Å². The second kappa shape index (κ2) is 9.68. The minimum atomic E-state index is -0.479. The number of carbonyl (C=O) groups excluding carboxylic acids is 2. The van der Waals surface area contributed by atoms with E-state index in [1.807, 2.05) is 68.1 Å². The van der Waals surface area contributed by atoms with Crippen LogP contribution in [0.3, 0.4) is 0 Å². The smallest absolute Gasteiger partial charge is 0.414 e. The van der Waals surface area contributed by atoms with Crippen molar-refractivity contribution >= 4 is 29.2 Å². The van der Waals surface area contributed by atoms with Crippen LogP contribution in [0.1, 0.15) is 45.6 Å². The lowest BCUT2D eigenvalue weighted by Crippen LogP contribution is -2.47. The third-order valence-electron chi connectivity index (χ3n) is 6.71. The molecule has 0 bridgehead atoms. The first kappa shape index (κ1) is 24.7. The second-order valence-corrected chi connectivity index (χ2v) is 10.8. The molecule has 1 saturated carbocycles. The molecule has 3 N–H and O–H groups in total. The predicted molar refractivity (Wildman–Crippen MR) is 137 cm³/mol. The molecule has 35 heavy (non-hydrogen) atoms. The Hall–Kier alpha value is -3.42. The maximum Gasteiger partial charge on any atom is 0.414 e. The fourth-order valence-corrected chi connectivity index (χ4v) is 4.87. The Labute approximate surface area is 207 Å². The minimum Gasteiger partial charge on any atom is -0.444 e. The number of amides is 2. The third-order valence-corrected chi connectivity index (χ3v) is 6.71. The van der Waals surface area contributed by atoms with E-state index in [1.165, 1.54) is 4.90 Å². The van der Waals surface area contributed by atoms with E-state index in [4.69, 9.17) is 15.2 Å². The van der Waals surface area contributed by atoms with Gasteiger partial charge < -0.3 is 25.4 Å². The zero-order valence-electron chi connectivity index (χ0n) is 21.0. The summed E-state index contributed by atoms with van der Waals surface area (Å²) in [6.07, 6.45) is 2.30. The molecule has 8 nitrogen and oxygen atoms in total. The standard InChI is InChI=1S/C27H36N4O4/c1-26(2,3)35-25(33)31-13-12-27(18-31)15-20(16-27)29-23-11-10-21(14-22(23)28)30(4)24(32)34-17-19-8-6-5-7-9-19/h5-11,14,20,29H,12-13,15-18,28H2,1-4H3/t20-,27-. The number of carbonyl (C=O) groups is 2. The Bertz CT molecular complexity index is 1060. The summed E-state index contributed by atoms with van der Waals surface area (Å²) in [7, 11) is 1.67. The van der Waals surface area contributed by atoms with Crippen LogP contribution in [0.4, 0.5) is 26.7 Å². The van der Waals surface area contributed by atoms with Gasteiger partial charge in [-0.05, 0) is 69.2 Å². The predicted octanol–water partition coefficient (Wildman–Crippen LogP) is 5.24. The number of nitrogens with zero attached hydrogens (tertiary/aromatic N) is 2. The number of hydrogen-bond donors (Lipinski definition) is 2. The average molecular weight is 481 g/mol. The quantitative estimate of drug-likeness (QED) is 0.568. The van der Waals surface area contributed by atoms with E-state index in [1.54, 1.807) is 13.1 Å². The molecule has 2 fully saturated rings. The van der Waals surface area contributed by atoms with Crippen LogP contribution in [-0.4, -0.2) is 48.9 Å². The van der Waals surface area contributed by atoms with Gasteiger partial charge in [0.1, 0.15) is 12.2 Å². The van der Waals surface area contributed by atoms with E-state index in [0.29, 0.717) is 17.4 Å².